The number of nitrogens with zero attached hydrogens (tertiary/aromatic N) is 1. The summed E-state index contributed by atoms with van der Waals surface area (Å²) in [6, 6.07) is 8.91. The smallest absolute Gasteiger partial charge is 0.433 e. The summed E-state index contributed by atoms with van der Waals surface area (Å²) in [5.41, 5.74) is 0. The van der Waals surface area contributed by atoms with Gasteiger partial charge < -0.3 is 14.3 Å². The first-order valence-electron chi connectivity index (χ1n) is 4.80. The second-order valence-electron chi connectivity index (χ2n) is 3.28. The number of aromatic hydroxyl groups is 1. The average Bonchev–Trinajstić information content (AvgIpc) is 2.77. The van der Waals surface area contributed by atoms with Gasteiger partial charge in [-0.15, -0.1) is 0 Å². The molecule has 0 radical (unpaired) electrons. The Kier molecular flexibility index (Phi) is 2.95. The number of phenols is 1. The summed E-state index contributed by atoms with van der Waals surface area (Å²) in [5, 5.41) is 19.4. The lowest BCUT2D eigenvalue weighted by atomic mass is 10.3. The van der Waals surface area contributed by atoms with Crippen LogP contribution in [0.1, 0.15) is 5.76 Å². The van der Waals surface area contributed by atoms with Crippen molar-refractivity contribution in [1.29, 1.82) is 0 Å². The highest BCUT2D eigenvalue weighted by molar-refractivity contribution is 5.30. The third kappa shape index (κ3) is 2.75. The van der Waals surface area contributed by atoms with Crippen LogP contribution in [0, 0.1) is 10.1 Å². The topological polar surface area (TPSA) is 85.7 Å². The lowest BCUT2D eigenvalue weighted by molar-refractivity contribution is -0.402. The van der Waals surface area contributed by atoms with Crippen LogP contribution >= 0.6 is 0 Å². The number of rotatable bonds is 4. The van der Waals surface area contributed by atoms with Gasteiger partial charge in [0.15, 0.2) is 0 Å². The van der Waals surface area contributed by atoms with E-state index in [1.54, 1.807) is 12.1 Å². The van der Waals surface area contributed by atoms with Crippen molar-refractivity contribution in [1.82, 2.24) is 0 Å². The van der Waals surface area contributed by atoms with Gasteiger partial charge in [0, 0.05) is 0 Å². The molecule has 6 heteroatoms. The molecule has 2 aromatic rings. The Hall–Kier alpha value is -2.50. The van der Waals surface area contributed by atoms with Crippen molar-refractivity contribution in [3.8, 4) is 11.5 Å². The third-order valence-electron chi connectivity index (χ3n) is 2.05. The van der Waals surface area contributed by atoms with Crippen LogP contribution in [0.2, 0.25) is 0 Å². The second-order valence-corrected chi connectivity index (χ2v) is 3.28. The Balaban J connectivity index is 1.97. The van der Waals surface area contributed by atoms with Crippen molar-refractivity contribution in [2.45, 2.75) is 6.61 Å². The number of hydrogen-bond donors (Lipinski definition) is 1. The Bertz CT molecular complexity index is 517. The molecule has 0 saturated carbocycles. The monoisotopic (exact) mass is 235 g/mol. The summed E-state index contributed by atoms with van der Waals surface area (Å²) in [6.45, 7) is 0.0958. The maximum Gasteiger partial charge on any atom is 0.433 e. The van der Waals surface area contributed by atoms with E-state index in [1.807, 2.05) is 0 Å². The second kappa shape index (κ2) is 4.56. The van der Waals surface area contributed by atoms with Gasteiger partial charge >= 0.3 is 5.88 Å². The molecule has 0 aliphatic heterocycles. The Morgan fingerprint density at radius 2 is 1.94 bits per heavy atom. The molecule has 1 aromatic carbocycles. The maximum absolute atomic E-state index is 10.4. The largest absolute Gasteiger partial charge is 0.508 e. The molecule has 0 aliphatic carbocycles. The first-order valence-corrected chi connectivity index (χ1v) is 4.80. The molecule has 1 N–H and O–H groups in total. The van der Waals surface area contributed by atoms with Crippen LogP contribution in [-0.4, -0.2) is 10.0 Å². The molecule has 1 aromatic heterocycles. The fourth-order valence-corrected chi connectivity index (χ4v) is 1.24. The standard InChI is InChI=1S/C11H9NO5/c13-8-1-3-9(4-2-8)16-7-10-5-6-11(17-10)12(14)15/h1-6,13H,7H2. The van der Waals surface area contributed by atoms with Crippen LogP contribution in [-0.2, 0) is 6.61 Å². The van der Waals surface area contributed by atoms with E-state index >= 15 is 0 Å². The van der Waals surface area contributed by atoms with Crippen molar-refractivity contribution >= 4 is 5.88 Å². The van der Waals surface area contributed by atoms with Crippen LogP contribution in [0.5, 0.6) is 11.5 Å². The van der Waals surface area contributed by atoms with Crippen LogP contribution in [0.4, 0.5) is 5.88 Å². The van der Waals surface area contributed by atoms with E-state index in [0.29, 0.717) is 11.5 Å². The average molecular weight is 235 g/mol. The normalized spacial score (nSPS) is 10.1. The molecule has 0 unspecified atom stereocenters. The molecule has 88 valence electrons. The highest BCUT2D eigenvalue weighted by Crippen LogP contribution is 2.20. The van der Waals surface area contributed by atoms with Gasteiger partial charge in [0.1, 0.15) is 28.8 Å². The Morgan fingerprint density at radius 1 is 1.24 bits per heavy atom. The summed E-state index contributed by atoms with van der Waals surface area (Å²) in [5.74, 6) is 0.743. The zero-order valence-corrected chi connectivity index (χ0v) is 8.70. The predicted octanol–water partition coefficient (Wildman–Crippen LogP) is 2.47. The van der Waals surface area contributed by atoms with E-state index in [4.69, 9.17) is 14.3 Å². The fraction of sp³-hybridized carbons (Fsp3) is 0.0909. The molecule has 17 heavy (non-hydrogen) atoms. The van der Waals surface area contributed by atoms with E-state index < -0.39 is 4.92 Å². The number of hydrogen-bond acceptors (Lipinski definition) is 5. The summed E-state index contributed by atoms with van der Waals surface area (Å²) in [6.07, 6.45) is 0. The van der Waals surface area contributed by atoms with E-state index in [9.17, 15) is 10.1 Å². The lowest BCUT2D eigenvalue weighted by Crippen LogP contribution is -1.93. The van der Waals surface area contributed by atoms with Crippen LogP contribution in [0.25, 0.3) is 0 Å². The van der Waals surface area contributed by atoms with Gasteiger partial charge in [0.25, 0.3) is 0 Å². The molecule has 0 spiro atoms. The Labute approximate surface area is 96.2 Å². The zero-order chi connectivity index (χ0) is 12.3. The van der Waals surface area contributed by atoms with Crippen molar-refractivity contribution in [2.75, 3.05) is 0 Å². The van der Waals surface area contributed by atoms with Gasteiger partial charge in [-0.25, -0.2) is 0 Å². The molecule has 0 fully saturated rings. The van der Waals surface area contributed by atoms with Gasteiger partial charge in [-0.3, -0.25) is 10.1 Å². The van der Waals surface area contributed by atoms with Crippen molar-refractivity contribution in [3.05, 3.63) is 52.3 Å². The van der Waals surface area contributed by atoms with Gasteiger partial charge in [-0.2, -0.15) is 0 Å². The molecular weight excluding hydrogens is 226 g/mol. The molecule has 0 atom stereocenters. The van der Waals surface area contributed by atoms with E-state index in [-0.39, 0.29) is 18.2 Å². The number of nitro groups is 1. The Morgan fingerprint density at radius 3 is 2.53 bits per heavy atom. The molecule has 2 rings (SSSR count). The van der Waals surface area contributed by atoms with Crippen LogP contribution in [0.3, 0.4) is 0 Å². The highest BCUT2D eigenvalue weighted by Gasteiger charge is 2.11. The summed E-state index contributed by atoms with van der Waals surface area (Å²) in [4.78, 5) is 9.76. The van der Waals surface area contributed by atoms with Crippen molar-refractivity contribution < 1.29 is 19.2 Å². The first kappa shape index (κ1) is 11.0. The molecule has 0 aliphatic rings. The van der Waals surface area contributed by atoms with Crippen LogP contribution < -0.4 is 4.74 Å². The number of benzene rings is 1. The van der Waals surface area contributed by atoms with E-state index in [2.05, 4.69) is 0 Å². The first-order chi connectivity index (χ1) is 8.15. The minimum atomic E-state index is -0.607. The van der Waals surface area contributed by atoms with Crippen LogP contribution in [0.15, 0.2) is 40.8 Å². The van der Waals surface area contributed by atoms with E-state index in [0.717, 1.165) is 0 Å². The van der Waals surface area contributed by atoms with E-state index in [1.165, 1.54) is 24.3 Å². The minimum Gasteiger partial charge on any atom is -0.508 e. The molecule has 1 heterocycles. The predicted molar refractivity (Wildman–Crippen MR) is 57.8 cm³/mol. The third-order valence-corrected chi connectivity index (χ3v) is 2.05. The lowest BCUT2D eigenvalue weighted by Gasteiger charge is -2.03. The molecule has 0 saturated heterocycles. The summed E-state index contributed by atoms with van der Waals surface area (Å²) >= 11 is 0. The zero-order valence-electron chi connectivity index (χ0n) is 8.70. The molecule has 6 nitrogen and oxygen atoms in total. The molecule has 0 amide bonds. The number of ether oxygens (including phenoxy) is 1. The van der Waals surface area contributed by atoms with Crippen molar-refractivity contribution in [3.63, 3.8) is 0 Å². The fourth-order valence-electron chi connectivity index (χ4n) is 1.24. The minimum absolute atomic E-state index is 0.0958. The summed E-state index contributed by atoms with van der Waals surface area (Å²) < 4.78 is 10.2. The molecule has 0 bridgehead atoms. The summed E-state index contributed by atoms with van der Waals surface area (Å²) in [7, 11) is 0. The number of furan rings is 1. The molecular formula is C11H9NO5. The van der Waals surface area contributed by atoms with Crippen molar-refractivity contribution in [2.24, 2.45) is 0 Å². The van der Waals surface area contributed by atoms with Gasteiger partial charge in [0.05, 0.1) is 6.07 Å². The van der Waals surface area contributed by atoms with Gasteiger partial charge in [0.2, 0.25) is 0 Å². The SMILES string of the molecule is O=[N+]([O-])c1ccc(COc2ccc(O)cc2)o1. The van der Waals surface area contributed by atoms with Gasteiger partial charge in [-0.05, 0) is 30.3 Å². The van der Waals surface area contributed by atoms with Gasteiger partial charge in [-0.1, -0.05) is 0 Å². The maximum atomic E-state index is 10.4. The number of phenolic OH excluding ortho intramolecular Hbond substituents is 1. The highest BCUT2D eigenvalue weighted by atomic mass is 16.6. The quantitative estimate of drug-likeness (QED) is 0.649.